The third kappa shape index (κ3) is 5.09. The summed E-state index contributed by atoms with van der Waals surface area (Å²) in [6.45, 7) is 6.13. The first-order valence-corrected chi connectivity index (χ1v) is 9.21. The zero-order valence-corrected chi connectivity index (χ0v) is 13.7. The van der Waals surface area contributed by atoms with E-state index in [1.807, 2.05) is 0 Å². The van der Waals surface area contributed by atoms with Gasteiger partial charge in [-0.2, -0.15) is 5.10 Å². The maximum atomic E-state index is 12.2. The van der Waals surface area contributed by atoms with Crippen molar-refractivity contribution in [1.29, 1.82) is 0 Å². The Hall–Kier alpha value is -0.920. The summed E-state index contributed by atoms with van der Waals surface area (Å²) in [6.07, 6.45) is 7.71. The van der Waals surface area contributed by atoms with Gasteiger partial charge >= 0.3 is 0 Å². The van der Waals surface area contributed by atoms with Crippen LogP contribution >= 0.6 is 0 Å². The van der Waals surface area contributed by atoms with Gasteiger partial charge in [0.25, 0.3) is 0 Å². The monoisotopic (exact) mass is 314 g/mol. The highest BCUT2D eigenvalue weighted by molar-refractivity contribution is 7.89. The largest absolute Gasteiger partial charge is 0.313 e. The van der Waals surface area contributed by atoms with Crippen molar-refractivity contribution in [3.63, 3.8) is 0 Å². The first kappa shape index (κ1) is 16.5. The highest BCUT2D eigenvalue weighted by atomic mass is 32.2. The van der Waals surface area contributed by atoms with Gasteiger partial charge in [0.1, 0.15) is 4.90 Å². The van der Waals surface area contributed by atoms with Gasteiger partial charge in [0.15, 0.2) is 0 Å². The Balaban J connectivity index is 1.86. The van der Waals surface area contributed by atoms with Crippen molar-refractivity contribution in [1.82, 2.24) is 19.8 Å². The summed E-state index contributed by atoms with van der Waals surface area (Å²) in [7, 11) is -3.42. The van der Waals surface area contributed by atoms with Crippen LogP contribution in [0.25, 0.3) is 0 Å². The molecule has 6 nitrogen and oxygen atoms in total. The average Bonchev–Trinajstić information content (AvgIpc) is 3.07. The van der Waals surface area contributed by atoms with Crippen molar-refractivity contribution in [2.24, 2.45) is 5.92 Å². The maximum Gasteiger partial charge on any atom is 0.243 e. The molecule has 120 valence electrons. The Kier molecular flexibility index (Phi) is 5.78. The molecule has 0 aliphatic heterocycles. The molecule has 1 aliphatic carbocycles. The zero-order valence-electron chi connectivity index (χ0n) is 12.9. The topological polar surface area (TPSA) is 76.0 Å². The van der Waals surface area contributed by atoms with E-state index in [-0.39, 0.29) is 4.90 Å². The van der Waals surface area contributed by atoms with E-state index < -0.39 is 10.0 Å². The Morgan fingerprint density at radius 2 is 2.10 bits per heavy atom. The Morgan fingerprint density at radius 1 is 1.38 bits per heavy atom. The molecule has 1 heterocycles. The first-order valence-electron chi connectivity index (χ1n) is 7.73. The van der Waals surface area contributed by atoms with Crippen molar-refractivity contribution >= 4 is 10.0 Å². The van der Waals surface area contributed by atoms with E-state index >= 15 is 0 Å². The third-order valence-electron chi connectivity index (χ3n) is 3.85. The normalized spacial score (nSPS) is 16.9. The number of nitrogens with zero attached hydrogens (tertiary/aromatic N) is 2. The van der Waals surface area contributed by atoms with Gasteiger partial charge in [-0.3, -0.25) is 4.68 Å². The lowest BCUT2D eigenvalue weighted by Crippen LogP contribution is -2.28. The summed E-state index contributed by atoms with van der Waals surface area (Å²) in [6, 6.07) is 0.414. The van der Waals surface area contributed by atoms with Crippen molar-refractivity contribution < 1.29 is 8.42 Å². The molecule has 0 saturated heterocycles. The molecule has 1 saturated carbocycles. The molecule has 0 radical (unpaired) electrons. The van der Waals surface area contributed by atoms with Gasteiger partial charge in [-0.15, -0.1) is 0 Å². The Labute approximate surface area is 127 Å². The Bertz CT molecular complexity index is 533. The van der Waals surface area contributed by atoms with Crippen molar-refractivity contribution in [2.45, 2.75) is 57.0 Å². The van der Waals surface area contributed by atoms with Crippen LogP contribution in [-0.2, 0) is 16.6 Å². The summed E-state index contributed by atoms with van der Waals surface area (Å²) >= 11 is 0. The number of aromatic nitrogens is 2. The Morgan fingerprint density at radius 3 is 2.76 bits per heavy atom. The lowest BCUT2D eigenvalue weighted by atomic mass is 10.1. The molecule has 0 spiro atoms. The molecule has 0 aromatic carbocycles. The van der Waals surface area contributed by atoms with Crippen LogP contribution in [0.1, 0.15) is 39.5 Å². The predicted octanol–water partition coefficient (Wildman–Crippen LogP) is 1.35. The second kappa shape index (κ2) is 7.38. The summed E-state index contributed by atoms with van der Waals surface area (Å²) in [5.41, 5.74) is 0. The van der Waals surface area contributed by atoms with Gasteiger partial charge < -0.3 is 5.32 Å². The molecule has 7 heteroatoms. The van der Waals surface area contributed by atoms with E-state index in [0.29, 0.717) is 25.0 Å². The van der Waals surface area contributed by atoms with Gasteiger partial charge in [0.05, 0.1) is 12.7 Å². The number of sulfonamides is 1. The minimum absolute atomic E-state index is 0.255. The molecular weight excluding hydrogens is 288 g/mol. The SMILES string of the molecule is CC(C)NCCn1cc(S(=O)(=O)NCC2CCCC2)cn1. The second-order valence-corrected chi connectivity index (χ2v) is 7.82. The van der Waals surface area contributed by atoms with Gasteiger partial charge in [-0.05, 0) is 18.8 Å². The lowest BCUT2D eigenvalue weighted by Gasteiger charge is -2.10. The summed E-state index contributed by atoms with van der Waals surface area (Å²) in [5.74, 6) is 0.491. The van der Waals surface area contributed by atoms with Crippen LogP contribution < -0.4 is 10.0 Å². The molecular formula is C14H26N4O2S. The highest BCUT2D eigenvalue weighted by Crippen LogP contribution is 2.24. The van der Waals surface area contributed by atoms with Gasteiger partial charge in [0, 0.05) is 25.3 Å². The van der Waals surface area contributed by atoms with Crippen molar-refractivity contribution in [3.8, 4) is 0 Å². The van der Waals surface area contributed by atoms with E-state index in [1.54, 1.807) is 10.9 Å². The van der Waals surface area contributed by atoms with Crippen molar-refractivity contribution in [3.05, 3.63) is 12.4 Å². The lowest BCUT2D eigenvalue weighted by molar-refractivity contribution is 0.513. The van der Waals surface area contributed by atoms with Crippen LogP contribution in [0.4, 0.5) is 0 Å². The van der Waals surface area contributed by atoms with E-state index in [1.165, 1.54) is 19.0 Å². The number of hydrogen-bond donors (Lipinski definition) is 2. The quantitative estimate of drug-likeness (QED) is 0.759. The van der Waals surface area contributed by atoms with Crippen LogP contribution in [0.3, 0.4) is 0 Å². The molecule has 1 aliphatic rings. The molecule has 2 N–H and O–H groups in total. The molecule has 1 fully saturated rings. The fraction of sp³-hybridized carbons (Fsp3) is 0.786. The van der Waals surface area contributed by atoms with E-state index in [2.05, 4.69) is 29.0 Å². The smallest absolute Gasteiger partial charge is 0.243 e. The van der Waals surface area contributed by atoms with Gasteiger partial charge in [-0.25, -0.2) is 13.1 Å². The standard InChI is InChI=1S/C14H26N4O2S/c1-12(2)15-7-8-18-11-14(10-16-18)21(19,20)17-9-13-5-3-4-6-13/h10-13,15,17H,3-9H2,1-2H3. The molecule has 0 unspecified atom stereocenters. The molecule has 1 aromatic heterocycles. The van der Waals surface area contributed by atoms with Crippen LogP contribution in [-0.4, -0.2) is 37.3 Å². The number of hydrogen-bond acceptors (Lipinski definition) is 4. The average molecular weight is 314 g/mol. The fourth-order valence-electron chi connectivity index (χ4n) is 2.60. The van der Waals surface area contributed by atoms with Crippen LogP contribution in [0.15, 0.2) is 17.3 Å². The second-order valence-electron chi connectivity index (χ2n) is 6.05. The van der Waals surface area contributed by atoms with Crippen LogP contribution in [0.2, 0.25) is 0 Å². The minimum atomic E-state index is -3.42. The number of nitrogens with one attached hydrogen (secondary N) is 2. The van der Waals surface area contributed by atoms with E-state index in [4.69, 9.17) is 0 Å². The van der Waals surface area contributed by atoms with Gasteiger partial charge in [-0.1, -0.05) is 26.7 Å². The van der Waals surface area contributed by atoms with Crippen molar-refractivity contribution in [2.75, 3.05) is 13.1 Å². The maximum absolute atomic E-state index is 12.2. The summed E-state index contributed by atoms with van der Waals surface area (Å²) < 4.78 is 28.8. The molecule has 0 amide bonds. The molecule has 21 heavy (non-hydrogen) atoms. The minimum Gasteiger partial charge on any atom is -0.313 e. The van der Waals surface area contributed by atoms with Gasteiger partial charge in [0.2, 0.25) is 10.0 Å². The zero-order chi connectivity index (χ0) is 15.3. The molecule has 0 atom stereocenters. The van der Waals surface area contributed by atoms with E-state index in [0.717, 1.165) is 19.4 Å². The van der Waals surface area contributed by atoms with Crippen LogP contribution in [0.5, 0.6) is 0 Å². The predicted molar refractivity (Wildman–Crippen MR) is 82.5 cm³/mol. The highest BCUT2D eigenvalue weighted by Gasteiger charge is 2.20. The summed E-state index contributed by atoms with van der Waals surface area (Å²) in [4.78, 5) is 0.255. The fourth-order valence-corrected chi connectivity index (χ4v) is 3.67. The third-order valence-corrected chi connectivity index (χ3v) is 5.23. The molecule has 2 rings (SSSR count). The van der Waals surface area contributed by atoms with Crippen LogP contribution in [0, 0.1) is 5.92 Å². The number of rotatable bonds is 8. The van der Waals surface area contributed by atoms with E-state index in [9.17, 15) is 8.42 Å². The summed E-state index contributed by atoms with van der Waals surface area (Å²) in [5, 5.41) is 7.39. The molecule has 1 aromatic rings. The molecule has 0 bridgehead atoms. The first-order chi connectivity index (χ1) is 9.97.